The molecule has 0 aromatic carbocycles. The van der Waals surface area contributed by atoms with Crippen molar-refractivity contribution in [1.82, 2.24) is 16.3 Å². The highest BCUT2D eigenvalue weighted by atomic mass is 16.7. The van der Waals surface area contributed by atoms with Crippen molar-refractivity contribution in [3.05, 3.63) is 36.2 Å². The molecule has 1 heterocycles. The lowest BCUT2D eigenvalue weighted by molar-refractivity contribution is -0.132. The van der Waals surface area contributed by atoms with Gasteiger partial charge in [-0.05, 0) is 62.3 Å². The average molecular weight is 442 g/mol. The van der Waals surface area contributed by atoms with Crippen LogP contribution in [-0.4, -0.2) is 31.6 Å². The van der Waals surface area contributed by atoms with Crippen molar-refractivity contribution in [2.45, 2.75) is 64.9 Å². The molecule has 0 spiro atoms. The molecular formula is C26H39N3O3. The molecule has 4 aliphatic carbocycles. The molecule has 6 nitrogen and oxygen atoms in total. The number of allylic oxidation sites excluding steroid dienone is 4. The Hall–Kier alpha value is -1.63. The van der Waals surface area contributed by atoms with Gasteiger partial charge in [-0.1, -0.05) is 32.1 Å². The summed E-state index contributed by atoms with van der Waals surface area (Å²) >= 11 is 0. The first kappa shape index (κ1) is 22.2. The van der Waals surface area contributed by atoms with Gasteiger partial charge in [0.25, 0.3) is 0 Å². The summed E-state index contributed by atoms with van der Waals surface area (Å²) in [5.41, 5.74) is 8.96. The van der Waals surface area contributed by atoms with Crippen LogP contribution in [0.4, 0.5) is 0 Å². The van der Waals surface area contributed by atoms with Gasteiger partial charge in [-0.2, -0.15) is 0 Å². The molecule has 0 aromatic rings. The summed E-state index contributed by atoms with van der Waals surface area (Å²) in [7, 11) is 0. The number of hydrogen-bond donors (Lipinski definition) is 3. The molecule has 176 valence electrons. The van der Waals surface area contributed by atoms with Crippen LogP contribution in [-0.2, 0) is 14.5 Å². The number of nitrogens with one attached hydrogen (secondary N) is 3. The van der Waals surface area contributed by atoms with Gasteiger partial charge in [-0.25, -0.2) is 0 Å². The van der Waals surface area contributed by atoms with E-state index in [2.05, 4.69) is 48.9 Å². The molecule has 0 radical (unpaired) electrons. The maximum Gasteiger partial charge on any atom is 0.139 e. The predicted molar refractivity (Wildman–Crippen MR) is 124 cm³/mol. The van der Waals surface area contributed by atoms with Crippen LogP contribution in [0.1, 0.15) is 58.8 Å². The van der Waals surface area contributed by atoms with Crippen LogP contribution in [0.3, 0.4) is 0 Å². The molecule has 5 rings (SSSR count). The van der Waals surface area contributed by atoms with E-state index >= 15 is 0 Å². The van der Waals surface area contributed by atoms with Gasteiger partial charge in [0, 0.05) is 41.6 Å². The van der Waals surface area contributed by atoms with E-state index in [0.29, 0.717) is 36.1 Å². The van der Waals surface area contributed by atoms with Crippen LogP contribution in [0.5, 0.6) is 0 Å². The fraction of sp³-hybridized carbons (Fsp3) is 0.731. The SMILES string of the molecule is C=CCONC1=CC2C=C(NO[C@@H]3CCNC3)CC[C@]2(C)[C@H]2CC[C@]3(C)C(=O)CC[C@H]3[C@H]12. The third-order valence-corrected chi connectivity index (χ3v) is 9.38. The largest absolute Gasteiger partial charge is 0.314 e. The maximum atomic E-state index is 12.8. The summed E-state index contributed by atoms with van der Waals surface area (Å²) in [6.45, 7) is 10.9. The Kier molecular flexibility index (Phi) is 5.97. The van der Waals surface area contributed by atoms with Crippen LogP contribution < -0.4 is 16.3 Å². The highest BCUT2D eigenvalue weighted by Gasteiger charge is 2.60. The van der Waals surface area contributed by atoms with Crippen molar-refractivity contribution < 1.29 is 14.5 Å². The maximum absolute atomic E-state index is 12.8. The number of carbonyl (C=O) groups is 1. The van der Waals surface area contributed by atoms with Gasteiger partial charge >= 0.3 is 0 Å². The minimum Gasteiger partial charge on any atom is -0.314 e. The molecule has 0 amide bonds. The van der Waals surface area contributed by atoms with Gasteiger partial charge in [-0.15, -0.1) is 6.58 Å². The van der Waals surface area contributed by atoms with E-state index < -0.39 is 0 Å². The zero-order chi connectivity index (χ0) is 22.3. The predicted octanol–water partition coefficient (Wildman–Crippen LogP) is 3.79. The third kappa shape index (κ3) is 3.64. The molecule has 32 heavy (non-hydrogen) atoms. The molecule has 0 aromatic heterocycles. The zero-order valence-corrected chi connectivity index (χ0v) is 19.6. The molecule has 0 bridgehead atoms. The number of fused-ring (bicyclic) bond motifs is 5. The first-order valence-corrected chi connectivity index (χ1v) is 12.5. The summed E-state index contributed by atoms with van der Waals surface area (Å²) < 4.78 is 0. The number of rotatable bonds is 7. The van der Waals surface area contributed by atoms with Crippen LogP contribution in [0.25, 0.3) is 0 Å². The summed E-state index contributed by atoms with van der Waals surface area (Å²) in [5, 5.41) is 3.35. The van der Waals surface area contributed by atoms with Crippen LogP contribution in [0, 0.1) is 34.5 Å². The van der Waals surface area contributed by atoms with Crippen molar-refractivity contribution in [2.75, 3.05) is 19.7 Å². The van der Waals surface area contributed by atoms with Crippen LogP contribution in [0.15, 0.2) is 36.2 Å². The fourth-order valence-electron chi connectivity index (χ4n) is 7.38. The van der Waals surface area contributed by atoms with Crippen LogP contribution in [0.2, 0.25) is 0 Å². The van der Waals surface area contributed by atoms with E-state index in [1.54, 1.807) is 6.08 Å². The first-order chi connectivity index (χ1) is 15.5. The Bertz CT molecular complexity index is 817. The quantitative estimate of drug-likeness (QED) is 0.317. The molecule has 1 unspecified atom stereocenters. The monoisotopic (exact) mass is 441 g/mol. The molecule has 1 saturated heterocycles. The van der Waals surface area contributed by atoms with E-state index in [-0.39, 0.29) is 16.9 Å². The summed E-state index contributed by atoms with van der Waals surface area (Å²) in [6.07, 6.45) is 13.8. The molecule has 2 saturated carbocycles. The topological polar surface area (TPSA) is 71.6 Å². The van der Waals surface area contributed by atoms with Crippen LogP contribution >= 0.6 is 0 Å². The molecule has 6 heteroatoms. The second-order valence-electron chi connectivity index (χ2n) is 11.0. The first-order valence-electron chi connectivity index (χ1n) is 12.5. The van der Waals surface area contributed by atoms with Gasteiger partial charge in [-0.3, -0.25) is 25.4 Å². The lowest BCUT2D eigenvalue weighted by atomic mass is 9.47. The van der Waals surface area contributed by atoms with Gasteiger partial charge in [0.05, 0.1) is 12.7 Å². The lowest BCUT2D eigenvalue weighted by Gasteiger charge is -2.57. The molecule has 3 N–H and O–H groups in total. The number of ketones is 1. The summed E-state index contributed by atoms with van der Waals surface area (Å²) in [6, 6.07) is 0. The number of hydroxylamine groups is 2. The van der Waals surface area contributed by atoms with Gasteiger partial charge < -0.3 is 5.32 Å². The van der Waals surface area contributed by atoms with Gasteiger partial charge in [0.2, 0.25) is 0 Å². The Balaban J connectivity index is 1.43. The Morgan fingerprint density at radius 2 is 2.03 bits per heavy atom. The minimum absolute atomic E-state index is 0.177. The number of Topliss-reactive ketones (excluding diaryl/α,β-unsaturated/α-hetero) is 1. The zero-order valence-electron chi connectivity index (χ0n) is 19.6. The van der Waals surface area contributed by atoms with Gasteiger partial charge in [0.1, 0.15) is 5.78 Å². The molecule has 7 atom stereocenters. The van der Waals surface area contributed by atoms with Gasteiger partial charge in [0.15, 0.2) is 0 Å². The molecule has 1 aliphatic heterocycles. The smallest absolute Gasteiger partial charge is 0.139 e. The number of carbonyl (C=O) groups excluding carboxylic acids is 1. The average Bonchev–Trinajstić information content (AvgIpc) is 3.41. The second kappa shape index (κ2) is 8.62. The second-order valence-corrected chi connectivity index (χ2v) is 11.0. The van der Waals surface area contributed by atoms with E-state index in [1.807, 2.05) is 0 Å². The Morgan fingerprint density at radius 1 is 1.16 bits per heavy atom. The van der Waals surface area contributed by atoms with Crippen molar-refractivity contribution in [1.29, 1.82) is 0 Å². The van der Waals surface area contributed by atoms with Crippen molar-refractivity contribution in [2.24, 2.45) is 34.5 Å². The van der Waals surface area contributed by atoms with E-state index in [1.165, 1.54) is 11.4 Å². The highest BCUT2D eigenvalue weighted by Crippen LogP contribution is 2.64. The van der Waals surface area contributed by atoms with E-state index in [9.17, 15) is 4.79 Å². The minimum atomic E-state index is -0.177. The summed E-state index contributed by atoms with van der Waals surface area (Å²) in [5.74, 6) is 2.10. The standard InChI is InChI=1S/C26H39N3O3/c1-4-13-31-29-22-15-17-14-18(28-32-19-9-12-27-16-19)7-10-25(17,2)21-8-11-26(3)20(24(21)22)5-6-23(26)30/h4,14-15,17,19-21,24,27-29H,1,5-13,16H2,2-3H3/t17?,19-,20+,21+,24+,25+,26+/m1/s1. The Labute approximate surface area is 192 Å². The Morgan fingerprint density at radius 3 is 2.81 bits per heavy atom. The molecule has 3 fully saturated rings. The lowest BCUT2D eigenvalue weighted by Crippen LogP contribution is -2.54. The van der Waals surface area contributed by atoms with Crippen molar-refractivity contribution in [3.63, 3.8) is 0 Å². The highest BCUT2D eigenvalue weighted by molar-refractivity contribution is 5.87. The fourth-order valence-corrected chi connectivity index (χ4v) is 7.38. The molecular weight excluding hydrogens is 402 g/mol. The van der Waals surface area contributed by atoms with Crippen molar-refractivity contribution >= 4 is 5.78 Å². The summed E-state index contributed by atoms with van der Waals surface area (Å²) in [4.78, 5) is 24.5. The molecule has 5 aliphatic rings. The number of hydrogen-bond acceptors (Lipinski definition) is 6. The van der Waals surface area contributed by atoms with E-state index in [0.717, 1.165) is 58.0 Å². The normalized spacial score (nSPS) is 42.9. The van der Waals surface area contributed by atoms with E-state index in [4.69, 9.17) is 9.68 Å². The third-order valence-electron chi connectivity index (χ3n) is 9.38. The van der Waals surface area contributed by atoms with Crippen molar-refractivity contribution in [3.8, 4) is 0 Å².